The van der Waals surface area contributed by atoms with E-state index in [9.17, 15) is 0 Å². The van der Waals surface area contributed by atoms with Crippen molar-refractivity contribution < 1.29 is 20.1 Å². The van der Waals surface area contributed by atoms with Crippen molar-refractivity contribution in [2.24, 2.45) is 0 Å². The van der Waals surface area contributed by atoms with Crippen molar-refractivity contribution in [2.75, 3.05) is 20.8 Å². The summed E-state index contributed by atoms with van der Waals surface area (Å²) in [7, 11) is 3.41. The van der Waals surface area contributed by atoms with Crippen LogP contribution in [0.2, 0.25) is 0 Å². The summed E-state index contributed by atoms with van der Waals surface area (Å²) in [5.74, 6) is 1.64. The van der Waals surface area contributed by atoms with Gasteiger partial charge in [-0.2, -0.15) is 0 Å². The van der Waals surface area contributed by atoms with Gasteiger partial charge in [0.25, 0.3) is 0 Å². The Hall–Kier alpha value is -2.04. The van der Waals surface area contributed by atoms with E-state index in [2.05, 4.69) is 56.0 Å². The van der Waals surface area contributed by atoms with Crippen LogP contribution >= 0.6 is 0 Å². The maximum atomic E-state index is 5.58. The van der Waals surface area contributed by atoms with Gasteiger partial charge in [0.1, 0.15) is 12.6 Å². The van der Waals surface area contributed by atoms with Crippen molar-refractivity contribution in [3.8, 4) is 11.5 Å². The van der Waals surface area contributed by atoms with Crippen molar-refractivity contribution in [2.45, 2.75) is 45.3 Å². The summed E-state index contributed by atoms with van der Waals surface area (Å²) in [6.45, 7) is 6.52. The molecule has 2 aromatic rings. The van der Waals surface area contributed by atoms with Gasteiger partial charge in [-0.1, -0.05) is 36.8 Å². The van der Waals surface area contributed by atoms with E-state index in [-0.39, 0.29) is 0 Å². The minimum Gasteiger partial charge on any atom is -0.493 e. The van der Waals surface area contributed by atoms with Crippen molar-refractivity contribution in [3.05, 3.63) is 58.7 Å². The fourth-order valence-electron chi connectivity index (χ4n) is 4.10. The molecule has 4 heteroatoms. The molecular formula is C22H32N2O2+2. The number of quaternary nitrogens is 2. The third-order valence-electron chi connectivity index (χ3n) is 5.68. The van der Waals surface area contributed by atoms with Crippen LogP contribution in [0.15, 0.2) is 36.4 Å². The minimum absolute atomic E-state index is 0.368. The van der Waals surface area contributed by atoms with Gasteiger partial charge in [0, 0.05) is 24.0 Å². The van der Waals surface area contributed by atoms with E-state index in [4.69, 9.17) is 9.47 Å². The Morgan fingerprint density at radius 1 is 1.12 bits per heavy atom. The Labute approximate surface area is 156 Å². The normalized spacial score (nSPS) is 20.3. The molecule has 0 bridgehead atoms. The summed E-state index contributed by atoms with van der Waals surface area (Å²) < 4.78 is 11.1. The van der Waals surface area contributed by atoms with Crippen LogP contribution < -0.4 is 20.1 Å². The standard InChI is InChI=1S/C22H30N2O2/c1-5-19(23)22-18-13-21(26-4)20(25-3)12-17(18)10-11-24(22)14-16-8-6-15(2)7-9-16/h6-9,12-13,19,22H,5,10-11,14,23H2,1-4H3/p+2/t19-,22+/m1/s1. The van der Waals surface area contributed by atoms with Gasteiger partial charge in [0.15, 0.2) is 17.5 Å². The van der Waals surface area contributed by atoms with E-state index in [1.54, 1.807) is 19.1 Å². The second-order valence-corrected chi connectivity index (χ2v) is 7.37. The Kier molecular flexibility index (Phi) is 5.84. The lowest BCUT2D eigenvalue weighted by molar-refractivity contribution is -0.957. The Bertz CT molecular complexity index is 743. The molecule has 0 spiro atoms. The molecule has 26 heavy (non-hydrogen) atoms. The SMILES string of the molecule is CC[C@@H]([NH3+])[C@@H]1c2cc(OC)c(OC)cc2CC[NH+]1Cc1ccc(C)cc1. The van der Waals surface area contributed by atoms with Gasteiger partial charge in [-0.3, -0.25) is 0 Å². The maximum Gasteiger partial charge on any atom is 0.166 e. The summed E-state index contributed by atoms with van der Waals surface area (Å²) in [6, 6.07) is 14.0. The third kappa shape index (κ3) is 3.71. The number of hydrogen-bond donors (Lipinski definition) is 2. The highest BCUT2D eigenvalue weighted by molar-refractivity contribution is 5.49. The largest absolute Gasteiger partial charge is 0.493 e. The number of benzene rings is 2. The fourth-order valence-corrected chi connectivity index (χ4v) is 4.10. The van der Waals surface area contributed by atoms with Gasteiger partial charge in [0.2, 0.25) is 0 Å². The van der Waals surface area contributed by atoms with Crippen LogP contribution in [0.3, 0.4) is 0 Å². The van der Waals surface area contributed by atoms with E-state index in [0.29, 0.717) is 12.1 Å². The molecule has 1 aliphatic heterocycles. The monoisotopic (exact) mass is 356 g/mol. The first kappa shape index (κ1) is 18.7. The second-order valence-electron chi connectivity index (χ2n) is 7.37. The molecule has 1 aliphatic rings. The number of ether oxygens (including phenoxy) is 2. The molecular weight excluding hydrogens is 324 g/mol. The molecule has 4 nitrogen and oxygen atoms in total. The molecule has 1 heterocycles. The van der Waals surface area contributed by atoms with Crippen LogP contribution in [-0.4, -0.2) is 26.8 Å². The summed E-state index contributed by atoms with van der Waals surface area (Å²) >= 11 is 0. The van der Waals surface area contributed by atoms with Crippen LogP contribution in [0.5, 0.6) is 11.5 Å². The average molecular weight is 357 g/mol. The molecule has 140 valence electrons. The van der Waals surface area contributed by atoms with Gasteiger partial charge in [-0.15, -0.1) is 0 Å². The zero-order valence-electron chi connectivity index (χ0n) is 16.5. The van der Waals surface area contributed by atoms with Gasteiger partial charge in [0.05, 0.1) is 20.8 Å². The van der Waals surface area contributed by atoms with Gasteiger partial charge in [-0.05, 0) is 24.6 Å². The molecule has 0 saturated carbocycles. The van der Waals surface area contributed by atoms with Crippen molar-refractivity contribution in [1.82, 2.24) is 0 Å². The number of fused-ring (bicyclic) bond motifs is 1. The molecule has 0 radical (unpaired) electrons. The zero-order chi connectivity index (χ0) is 18.7. The summed E-state index contributed by atoms with van der Waals surface area (Å²) in [5.41, 5.74) is 9.94. The summed E-state index contributed by atoms with van der Waals surface area (Å²) in [4.78, 5) is 1.59. The van der Waals surface area contributed by atoms with Crippen LogP contribution in [0.4, 0.5) is 0 Å². The molecule has 0 saturated heterocycles. The van der Waals surface area contributed by atoms with Gasteiger partial charge >= 0.3 is 0 Å². The number of methoxy groups -OCH3 is 2. The molecule has 1 unspecified atom stereocenters. The lowest BCUT2D eigenvalue weighted by Gasteiger charge is -2.36. The molecule has 0 amide bonds. The van der Waals surface area contributed by atoms with Crippen molar-refractivity contribution >= 4 is 0 Å². The Balaban J connectivity index is 1.96. The molecule has 2 aromatic carbocycles. The lowest BCUT2D eigenvalue weighted by Crippen LogP contribution is -3.14. The van der Waals surface area contributed by atoms with E-state index in [0.717, 1.165) is 37.4 Å². The average Bonchev–Trinajstić information content (AvgIpc) is 2.67. The Morgan fingerprint density at radius 2 is 1.77 bits per heavy atom. The zero-order valence-corrected chi connectivity index (χ0v) is 16.5. The van der Waals surface area contributed by atoms with Crippen LogP contribution in [0, 0.1) is 6.92 Å². The molecule has 4 N–H and O–H groups in total. The van der Waals surface area contributed by atoms with Crippen LogP contribution in [0.25, 0.3) is 0 Å². The van der Waals surface area contributed by atoms with Gasteiger partial charge in [-0.25, -0.2) is 0 Å². The van der Waals surface area contributed by atoms with Crippen molar-refractivity contribution in [3.63, 3.8) is 0 Å². The second kappa shape index (κ2) is 8.11. The Morgan fingerprint density at radius 3 is 2.38 bits per heavy atom. The van der Waals surface area contributed by atoms with Crippen LogP contribution in [0.1, 0.15) is 41.6 Å². The molecule has 3 atom stereocenters. The predicted molar refractivity (Wildman–Crippen MR) is 104 cm³/mol. The van der Waals surface area contributed by atoms with E-state index in [1.807, 2.05) is 0 Å². The molecule has 0 aliphatic carbocycles. The number of aryl methyl sites for hydroxylation is 1. The summed E-state index contributed by atoms with van der Waals surface area (Å²) in [5, 5.41) is 0. The highest BCUT2D eigenvalue weighted by Crippen LogP contribution is 2.35. The maximum absolute atomic E-state index is 5.58. The minimum atomic E-state index is 0.368. The summed E-state index contributed by atoms with van der Waals surface area (Å²) in [6.07, 6.45) is 2.12. The predicted octanol–water partition coefficient (Wildman–Crippen LogP) is 1.72. The van der Waals surface area contributed by atoms with E-state index in [1.165, 1.54) is 22.3 Å². The van der Waals surface area contributed by atoms with Crippen molar-refractivity contribution in [1.29, 1.82) is 0 Å². The topological polar surface area (TPSA) is 50.5 Å². The number of hydrogen-bond acceptors (Lipinski definition) is 2. The highest BCUT2D eigenvalue weighted by Gasteiger charge is 2.38. The molecule has 0 aromatic heterocycles. The fraction of sp³-hybridized carbons (Fsp3) is 0.455. The first-order valence-electron chi connectivity index (χ1n) is 9.55. The molecule has 0 fully saturated rings. The number of rotatable bonds is 6. The lowest BCUT2D eigenvalue weighted by atomic mass is 9.86. The first-order chi connectivity index (χ1) is 12.6. The number of nitrogens with one attached hydrogen (secondary N) is 1. The first-order valence-corrected chi connectivity index (χ1v) is 9.55. The highest BCUT2D eigenvalue weighted by atomic mass is 16.5. The quantitative estimate of drug-likeness (QED) is 0.828. The van der Waals surface area contributed by atoms with Gasteiger partial charge < -0.3 is 20.1 Å². The molecule has 3 rings (SSSR count). The van der Waals surface area contributed by atoms with Crippen LogP contribution in [-0.2, 0) is 13.0 Å². The van der Waals surface area contributed by atoms with E-state index >= 15 is 0 Å². The van der Waals surface area contributed by atoms with E-state index < -0.39 is 0 Å². The smallest absolute Gasteiger partial charge is 0.166 e. The third-order valence-corrected chi connectivity index (χ3v) is 5.68.